The van der Waals surface area contributed by atoms with E-state index in [4.69, 9.17) is 10.5 Å². The molecule has 0 fully saturated rings. The maximum absolute atomic E-state index is 13.5. The first-order valence-electron chi connectivity index (χ1n) is 5.94. The van der Waals surface area contributed by atoms with E-state index in [1.807, 2.05) is 24.3 Å². The summed E-state index contributed by atoms with van der Waals surface area (Å²) in [5.74, 6) is -1.11. The SMILES string of the molecule is Cc1c(N)cc(C(=O)OCc2ccc(Br)cc2)cc1F. The summed E-state index contributed by atoms with van der Waals surface area (Å²) < 4.78 is 19.6. The number of rotatable bonds is 3. The molecule has 0 saturated heterocycles. The summed E-state index contributed by atoms with van der Waals surface area (Å²) in [4.78, 5) is 11.8. The van der Waals surface area contributed by atoms with Gasteiger partial charge in [0, 0.05) is 15.7 Å². The smallest absolute Gasteiger partial charge is 0.338 e. The van der Waals surface area contributed by atoms with Crippen molar-refractivity contribution in [1.82, 2.24) is 0 Å². The van der Waals surface area contributed by atoms with Crippen LogP contribution in [0.5, 0.6) is 0 Å². The quantitative estimate of drug-likeness (QED) is 0.683. The average molecular weight is 338 g/mol. The van der Waals surface area contributed by atoms with Gasteiger partial charge in [-0.1, -0.05) is 28.1 Å². The minimum absolute atomic E-state index is 0.114. The molecule has 0 heterocycles. The molecule has 2 aromatic carbocycles. The van der Waals surface area contributed by atoms with Gasteiger partial charge in [-0.2, -0.15) is 0 Å². The molecule has 0 unspecified atom stereocenters. The zero-order chi connectivity index (χ0) is 14.7. The molecule has 20 heavy (non-hydrogen) atoms. The molecule has 2 rings (SSSR count). The number of hydrogen-bond donors (Lipinski definition) is 1. The highest BCUT2D eigenvalue weighted by atomic mass is 79.9. The molecule has 0 aliphatic rings. The summed E-state index contributed by atoms with van der Waals surface area (Å²) in [5, 5.41) is 0. The van der Waals surface area contributed by atoms with E-state index in [-0.39, 0.29) is 17.9 Å². The first kappa shape index (κ1) is 14.5. The predicted molar refractivity (Wildman–Crippen MR) is 78.8 cm³/mol. The summed E-state index contributed by atoms with van der Waals surface area (Å²) in [7, 11) is 0. The number of esters is 1. The number of carbonyl (C=O) groups excluding carboxylic acids is 1. The Morgan fingerprint density at radius 2 is 1.95 bits per heavy atom. The Bertz CT molecular complexity index is 618. The maximum atomic E-state index is 13.5. The van der Waals surface area contributed by atoms with Crippen LogP contribution in [0, 0.1) is 12.7 Å². The van der Waals surface area contributed by atoms with Crippen molar-refractivity contribution in [2.45, 2.75) is 13.5 Å². The van der Waals surface area contributed by atoms with Crippen molar-refractivity contribution in [3.05, 3.63) is 63.4 Å². The summed E-state index contributed by atoms with van der Waals surface area (Å²) in [6.07, 6.45) is 0. The van der Waals surface area contributed by atoms with E-state index in [9.17, 15) is 9.18 Å². The van der Waals surface area contributed by atoms with E-state index in [1.54, 1.807) is 6.92 Å². The summed E-state index contributed by atoms with van der Waals surface area (Å²) in [6, 6.07) is 9.93. The van der Waals surface area contributed by atoms with Crippen molar-refractivity contribution in [3.8, 4) is 0 Å². The lowest BCUT2D eigenvalue weighted by atomic mass is 10.1. The van der Waals surface area contributed by atoms with Gasteiger partial charge in [-0.15, -0.1) is 0 Å². The number of carbonyl (C=O) groups is 1. The van der Waals surface area contributed by atoms with Crippen LogP contribution in [0.15, 0.2) is 40.9 Å². The van der Waals surface area contributed by atoms with Crippen molar-refractivity contribution in [1.29, 1.82) is 0 Å². The summed E-state index contributed by atoms with van der Waals surface area (Å²) in [5.41, 5.74) is 7.16. The van der Waals surface area contributed by atoms with Crippen molar-refractivity contribution >= 4 is 27.6 Å². The minimum atomic E-state index is -0.599. The van der Waals surface area contributed by atoms with Gasteiger partial charge in [0.25, 0.3) is 0 Å². The summed E-state index contributed by atoms with van der Waals surface area (Å²) in [6.45, 7) is 1.68. The first-order chi connectivity index (χ1) is 9.47. The van der Waals surface area contributed by atoms with Gasteiger partial charge in [-0.05, 0) is 36.8 Å². The highest BCUT2D eigenvalue weighted by Crippen LogP contribution is 2.19. The van der Waals surface area contributed by atoms with Gasteiger partial charge in [-0.25, -0.2) is 9.18 Å². The zero-order valence-corrected chi connectivity index (χ0v) is 12.4. The lowest BCUT2D eigenvalue weighted by Gasteiger charge is -2.08. The third-order valence-corrected chi connectivity index (χ3v) is 3.43. The number of anilines is 1. The Labute approximate surface area is 124 Å². The van der Waals surface area contributed by atoms with Crippen LogP contribution in [0.3, 0.4) is 0 Å². The Morgan fingerprint density at radius 3 is 2.55 bits per heavy atom. The zero-order valence-electron chi connectivity index (χ0n) is 10.8. The number of hydrogen-bond acceptors (Lipinski definition) is 3. The molecule has 2 aromatic rings. The van der Waals surface area contributed by atoms with Gasteiger partial charge < -0.3 is 10.5 Å². The molecule has 0 bridgehead atoms. The lowest BCUT2D eigenvalue weighted by molar-refractivity contribution is 0.0472. The molecular weight excluding hydrogens is 325 g/mol. The monoisotopic (exact) mass is 337 g/mol. The highest BCUT2D eigenvalue weighted by Gasteiger charge is 2.12. The Balaban J connectivity index is 2.07. The van der Waals surface area contributed by atoms with Gasteiger partial charge in [0.15, 0.2) is 0 Å². The topological polar surface area (TPSA) is 52.3 Å². The van der Waals surface area contributed by atoms with Gasteiger partial charge in [-0.3, -0.25) is 0 Å². The number of benzene rings is 2. The summed E-state index contributed by atoms with van der Waals surface area (Å²) >= 11 is 3.32. The number of halogens is 2. The van der Waals surface area contributed by atoms with Crippen LogP contribution in [0.4, 0.5) is 10.1 Å². The molecule has 0 atom stereocenters. The van der Waals surface area contributed by atoms with Crippen LogP contribution in [0.2, 0.25) is 0 Å². The third kappa shape index (κ3) is 3.36. The predicted octanol–water partition coefficient (Wildman–Crippen LogP) is 3.84. The van der Waals surface area contributed by atoms with Crippen LogP contribution in [-0.2, 0) is 11.3 Å². The molecule has 2 N–H and O–H groups in total. The van der Waals surface area contributed by atoms with E-state index in [0.717, 1.165) is 16.1 Å². The first-order valence-corrected chi connectivity index (χ1v) is 6.74. The van der Waals surface area contributed by atoms with Gasteiger partial charge in [0.05, 0.1) is 5.56 Å². The molecule has 0 aliphatic heterocycles. The lowest BCUT2D eigenvalue weighted by Crippen LogP contribution is -2.07. The second-order valence-corrected chi connectivity index (χ2v) is 5.29. The normalized spacial score (nSPS) is 10.3. The fourth-order valence-corrected chi connectivity index (χ4v) is 1.90. The molecule has 0 amide bonds. The molecule has 0 radical (unpaired) electrons. The molecule has 0 aliphatic carbocycles. The highest BCUT2D eigenvalue weighted by molar-refractivity contribution is 9.10. The average Bonchev–Trinajstić information content (AvgIpc) is 2.43. The number of ether oxygens (including phenoxy) is 1. The number of nitrogens with two attached hydrogens (primary N) is 1. The van der Waals surface area contributed by atoms with E-state index in [0.29, 0.717) is 5.56 Å². The molecule has 0 saturated carbocycles. The van der Waals surface area contributed by atoms with E-state index >= 15 is 0 Å². The van der Waals surface area contributed by atoms with E-state index in [1.165, 1.54) is 6.07 Å². The molecular formula is C15H13BrFNO2. The third-order valence-electron chi connectivity index (χ3n) is 2.90. The van der Waals surface area contributed by atoms with Gasteiger partial charge in [0.1, 0.15) is 12.4 Å². The van der Waals surface area contributed by atoms with Crippen LogP contribution in [-0.4, -0.2) is 5.97 Å². The molecule has 0 aromatic heterocycles. The fourth-order valence-electron chi connectivity index (χ4n) is 1.63. The van der Waals surface area contributed by atoms with Crippen LogP contribution < -0.4 is 5.73 Å². The van der Waals surface area contributed by atoms with Crippen molar-refractivity contribution in [2.24, 2.45) is 0 Å². The van der Waals surface area contributed by atoms with Crippen molar-refractivity contribution in [3.63, 3.8) is 0 Å². The van der Waals surface area contributed by atoms with Crippen molar-refractivity contribution in [2.75, 3.05) is 5.73 Å². The fraction of sp³-hybridized carbons (Fsp3) is 0.133. The van der Waals surface area contributed by atoms with E-state index < -0.39 is 11.8 Å². The Morgan fingerprint density at radius 1 is 1.30 bits per heavy atom. The maximum Gasteiger partial charge on any atom is 0.338 e. The number of nitrogen functional groups attached to an aromatic ring is 1. The Kier molecular flexibility index (Phi) is 4.39. The Hall–Kier alpha value is -1.88. The van der Waals surface area contributed by atoms with Crippen molar-refractivity contribution < 1.29 is 13.9 Å². The van der Waals surface area contributed by atoms with Gasteiger partial charge >= 0.3 is 5.97 Å². The molecule has 5 heteroatoms. The van der Waals surface area contributed by atoms with E-state index in [2.05, 4.69) is 15.9 Å². The standard InChI is InChI=1S/C15H13BrFNO2/c1-9-13(17)6-11(7-14(9)18)15(19)20-8-10-2-4-12(16)5-3-10/h2-7H,8,18H2,1H3. The van der Waals surface area contributed by atoms with Crippen LogP contribution in [0.25, 0.3) is 0 Å². The van der Waals surface area contributed by atoms with Gasteiger partial charge in [0.2, 0.25) is 0 Å². The van der Waals surface area contributed by atoms with Crippen LogP contribution >= 0.6 is 15.9 Å². The minimum Gasteiger partial charge on any atom is -0.457 e. The molecule has 104 valence electrons. The second-order valence-electron chi connectivity index (χ2n) is 4.37. The second kappa shape index (κ2) is 6.05. The van der Waals surface area contributed by atoms with Crippen LogP contribution in [0.1, 0.15) is 21.5 Å². The molecule has 3 nitrogen and oxygen atoms in total. The molecule has 0 spiro atoms. The largest absolute Gasteiger partial charge is 0.457 e.